The van der Waals surface area contributed by atoms with Crippen LogP contribution in [-0.2, 0) is 0 Å². The number of H-pyrrole nitrogens is 1. The van der Waals surface area contributed by atoms with Crippen LogP contribution in [0.15, 0.2) is 39.7 Å². The number of aromatic hydroxyl groups is 1. The average Bonchev–Trinajstić information content (AvgIpc) is 2.61. The first-order chi connectivity index (χ1) is 7.27. The summed E-state index contributed by atoms with van der Waals surface area (Å²) in [7, 11) is 0. The molecule has 0 fully saturated rings. The molecule has 0 atom stereocenters. The average molecular weight is 201 g/mol. The number of furan rings is 1. The van der Waals surface area contributed by atoms with Gasteiger partial charge >= 0.3 is 0 Å². The molecule has 0 bridgehead atoms. The Hall–Kier alpha value is -2.23. The minimum atomic E-state index is -0.336. The van der Waals surface area contributed by atoms with E-state index in [1.165, 1.54) is 6.26 Å². The zero-order chi connectivity index (χ0) is 10.4. The van der Waals surface area contributed by atoms with Crippen LogP contribution >= 0.6 is 0 Å². The minimum Gasteiger partial charge on any atom is -0.480 e. The smallest absolute Gasteiger partial charge is 0.295 e. The molecule has 0 aliphatic carbocycles. The van der Waals surface area contributed by atoms with Gasteiger partial charge in [-0.25, -0.2) is 0 Å². The molecule has 0 saturated carbocycles. The highest BCUT2D eigenvalue weighted by Crippen LogP contribution is 2.23. The second kappa shape index (κ2) is 2.63. The Balaban J connectivity index is 2.69. The molecule has 3 aromatic rings. The van der Waals surface area contributed by atoms with Crippen molar-refractivity contribution in [1.82, 2.24) is 4.98 Å². The van der Waals surface area contributed by atoms with Gasteiger partial charge in [-0.15, -0.1) is 0 Å². The molecule has 1 aromatic carbocycles. The van der Waals surface area contributed by atoms with Crippen LogP contribution in [0, 0.1) is 0 Å². The summed E-state index contributed by atoms with van der Waals surface area (Å²) in [6.45, 7) is 0. The van der Waals surface area contributed by atoms with Crippen molar-refractivity contribution in [3.63, 3.8) is 0 Å². The van der Waals surface area contributed by atoms with Crippen molar-refractivity contribution in [2.24, 2.45) is 0 Å². The highest BCUT2D eigenvalue weighted by molar-refractivity contribution is 5.94. The van der Waals surface area contributed by atoms with Gasteiger partial charge in [0.15, 0.2) is 0 Å². The van der Waals surface area contributed by atoms with Crippen molar-refractivity contribution in [3.8, 4) is 5.95 Å². The minimum absolute atomic E-state index is 0.203. The molecule has 4 heteroatoms. The van der Waals surface area contributed by atoms with E-state index in [1.807, 2.05) is 6.07 Å². The number of fused-ring (bicyclic) bond motifs is 2. The molecule has 0 unspecified atom stereocenters. The molecule has 0 aliphatic heterocycles. The number of nitrogens with one attached hydrogen (secondary N) is 1. The van der Waals surface area contributed by atoms with E-state index >= 15 is 0 Å². The number of benzene rings is 1. The van der Waals surface area contributed by atoms with Crippen molar-refractivity contribution >= 4 is 21.8 Å². The van der Waals surface area contributed by atoms with Gasteiger partial charge in [0.05, 0.1) is 5.52 Å². The van der Waals surface area contributed by atoms with Crippen LogP contribution in [0.4, 0.5) is 0 Å². The zero-order valence-corrected chi connectivity index (χ0v) is 7.65. The van der Waals surface area contributed by atoms with E-state index in [4.69, 9.17) is 4.42 Å². The predicted octanol–water partition coefficient (Wildman–Crippen LogP) is 1.98. The Kier molecular flexibility index (Phi) is 1.42. The highest BCUT2D eigenvalue weighted by atomic mass is 16.5. The molecule has 0 amide bonds. The first-order valence-corrected chi connectivity index (χ1v) is 4.48. The third kappa shape index (κ3) is 0.985. The predicted molar refractivity (Wildman–Crippen MR) is 56.0 cm³/mol. The van der Waals surface area contributed by atoms with Crippen molar-refractivity contribution in [2.45, 2.75) is 0 Å². The molecule has 0 saturated heterocycles. The summed E-state index contributed by atoms with van der Waals surface area (Å²) in [6.07, 6.45) is 1.33. The SMILES string of the molecule is O=c1c2ccccc2[nH]c2coc(O)c12. The number of para-hydroxylation sites is 1. The van der Waals surface area contributed by atoms with E-state index in [2.05, 4.69) is 4.98 Å². The van der Waals surface area contributed by atoms with Gasteiger partial charge in [0.1, 0.15) is 11.6 Å². The topological polar surface area (TPSA) is 66.2 Å². The lowest BCUT2D eigenvalue weighted by molar-refractivity contribution is 0.337. The molecular formula is C11H7NO3. The van der Waals surface area contributed by atoms with Crippen molar-refractivity contribution < 1.29 is 9.52 Å². The molecule has 3 rings (SSSR count). The van der Waals surface area contributed by atoms with Crippen LogP contribution < -0.4 is 5.43 Å². The van der Waals surface area contributed by atoms with E-state index in [-0.39, 0.29) is 16.8 Å². The first-order valence-electron chi connectivity index (χ1n) is 4.48. The Morgan fingerprint density at radius 3 is 2.87 bits per heavy atom. The van der Waals surface area contributed by atoms with Crippen molar-refractivity contribution in [1.29, 1.82) is 0 Å². The van der Waals surface area contributed by atoms with E-state index < -0.39 is 0 Å². The van der Waals surface area contributed by atoms with Gasteiger partial charge < -0.3 is 14.5 Å². The van der Waals surface area contributed by atoms with Crippen molar-refractivity contribution in [2.75, 3.05) is 0 Å². The molecular weight excluding hydrogens is 194 g/mol. The number of pyridine rings is 1. The molecule has 0 aliphatic rings. The van der Waals surface area contributed by atoms with Crippen LogP contribution in [0.1, 0.15) is 0 Å². The summed E-state index contributed by atoms with van der Waals surface area (Å²) in [6, 6.07) is 7.13. The third-order valence-corrected chi connectivity index (χ3v) is 2.44. The number of aromatic amines is 1. The van der Waals surface area contributed by atoms with E-state index in [0.717, 1.165) is 5.52 Å². The molecule has 2 aromatic heterocycles. The summed E-state index contributed by atoms with van der Waals surface area (Å²) in [4.78, 5) is 14.9. The summed E-state index contributed by atoms with van der Waals surface area (Å²) >= 11 is 0. The normalized spacial score (nSPS) is 11.2. The first kappa shape index (κ1) is 8.11. The summed E-state index contributed by atoms with van der Waals surface area (Å²) in [5, 5.41) is 10.1. The lowest BCUT2D eigenvalue weighted by atomic mass is 10.1. The largest absolute Gasteiger partial charge is 0.480 e. The molecule has 0 radical (unpaired) electrons. The Bertz CT molecular complexity index is 708. The van der Waals surface area contributed by atoms with Gasteiger partial charge in [0.2, 0.25) is 5.43 Å². The summed E-state index contributed by atoms with van der Waals surface area (Å²) in [5.41, 5.74) is 1.03. The quantitative estimate of drug-likeness (QED) is 0.584. The van der Waals surface area contributed by atoms with Crippen LogP contribution in [-0.4, -0.2) is 10.1 Å². The second-order valence-corrected chi connectivity index (χ2v) is 3.33. The molecule has 2 heterocycles. The van der Waals surface area contributed by atoms with Gasteiger partial charge in [-0.1, -0.05) is 12.1 Å². The fourth-order valence-corrected chi connectivity index (χ4v) is 1.73. The third-order valence-electron chi connectivity index (χ3n) is 2.44. The Morgan fingerprint density at radius 1 is 1.20 bits per heavy atom. The second-order valence-electron chi connectivity index (χ2n) is 3.33. The number of aromatic nitrogens is 1. The Labute approximate surface area is 83.8 Å². The standard InChI is InChI=1S/C11H7NO3/c13-10-6-3-1-2-4-7(6)12-8-5-15-11(14)9(8)10/h1-5,12,14H. The summed E-state index contributed by atoms with van der Waals surface area (Å²) in [5.74, 6) is -0.336. The van der Waals surface area contributed by atoms with Crippen LogP contribution in [0.25, 0.3) is 21.8 Å². The number of hydrogen-bond acceptors (Lipinski definition) is 3. The van der Waals surface area contributed by atoms with Gasteiger partial charge in [-0.05, 0) is 12.1 Å². The van der Waals surface area contributed by atoms with Crippen LogP contribution in [0.3, 0.4) is 0 Å². The molecule has 4 nitrogen and oxygen atoms in total. The highest BCUT2D eigenvalue weighted by Gasteiger charge is 2.11. The fourth-order valence-electron chi connectivity index (χ4n) is 1.73. The van der Waals surface area contributed by atoms with Gasteiger partial charge in [0.25, 0.3) is 5.95 Å². The maximum Gasteiger partial charge on any atom is 0.295 e. The molecule has 2 N–H and O–H groups in total. The van der Waals surface area contributed by atoms with Gasteiger partial charge in [-0.2, -0.15) is 0 Å². The van der Waals surface area contributed by atoms with Gasteiger partial charge in [0, 0.05) is 10.9 Å². The molecule has 74 valence electrons. The van der Waals surface area contributed by atoms with Gasteiger partial charge in [-0.3, -0.25) is 4.79 Å². The maximum atomic E-state index is 11.9. The summed E-state index contributed by atoms with van der Waals surface area (Å²) < 4.78 is 4.79. The zero-order valence-electron chi connectivity index (χ0n) is 7.65. The van der Waals surface area contributed by atoms with Crippen LogP contribution in [0.5, 0.6) is 5.95 Å². The van der Waals surface area contributed by atoms with E-state index in [0.29, 0.717) is 10.9 Å². The number of rotatable bonds is 0. The maximum absolute atomic E-state index is 11.9. The lowest BCUT2D eigenvalue weighted by Crippen LogP contribution is -2.02. The molecule has 0 spiro atoms. The number of hydrogen-bond donors (Lipinski definition) is 2. The molecule has 15 heavy (non-hydrogen) atoms. The van der Waals surface area contributed by atoms with Crippen LogP contribution in [0.2, 0.25) is 0 Å². The lowest BCUT2D eigenvalue weighted by Gasteiger charge is -1.96. The van der Waals surface area contributed by atoms with Crippen molar-refractivity contribution in [3.05, 3.63) is 40.8 Å². The Morgan fingerprint density at radius 2 is 2.00 bits per heavy atom. The van der Waals surface area contributed by atoms with E-state index in [1.54, 1.807) is 18.2 Å². The van der Waals surface area contributed by atoms with E-state index in [9.17, 15) is 9.90 Å². The fraction of sp³-hybridized carbons (Fsp3) is 0. The monoisotopic (exact) mass is 201 g/mol.